The van der Waals surface area contributed by atoms with E-state index in [9.17, 15) is 24.5 Å². The van der Waals surface area contributed by atoms with E-state index in [0.717, 1.165) is 22.9 Å². The van der Waals surface area contributed by atoms with Crippen molar-refractivity contribution >= 4 is 63.2 Å². The lowest BCUT2D eigenvalue weighted by Gasteiger charge is -2.15. The Balaban J connectivity index is 1.55. The minimum absolute atomic E-state index is 0.116. The van der Waals surface area contributed by atoms with E-state index < -0.39 is 16.1 Å². The summed E-state index contributed by atoms with van der Waals surface area (Å²) in [5, 5.41) is 19.2. The van der Waals surface area contributed by atoms with Gasteiger partial charge in [0.15, 0.2) is 0 Å². The number of rotatable bonds is 5. The number of hydrogen-bond donors (Lipinski definition) is 3. The minimum Gasteiger partial charge on any atom is -0.354 e. The highest BCUT2D eigenvalue weighted by molar-refractivity contribution is 8.18. The third-order valence-electron chi connectivity index (χ3n) is 5.39. The third-order valence-corrected chi connectivity index (χ3v) is 6.20. The van der Waals surface area contributed by atoms with Gasteiger partial charge in [0.05, 0.1) is 21.1 Å². The second-order valence-corrected chi connectivity index (χ2v) is 8.67. The number of amides is 3. The van der Waals surface area contributed by atoms with Crippen LogP contribution >= 0.6 is 11.8 Å². The molecule has 5 rings (SSSR count). The molecule has 1 fully saturated rings. The first-order valence-corrected chi connectivity index (χ1v) is 11.2. The predicted octanol–water partition coefficient (Wildman–Crippen LogP) is 4.85. The van der Waals surface area contributed by atoms with E-state index in [-0.39, 0.29) is 11.6 Å². The lowest BCUT2D eigenvalue weighted by molar-refractivity contribution is -0.384. The van der Waals surface area contributed by atoms with Gasteiger partial charge in [-0.1, -0.05) is 42.5 Å². The van der Waals surface area contributed by atoms with Crippen molar-refractivity contribution in [2.45, 2.75) is 0 Å². The molecule has 3 amide bonds. The van der Waals surface area contributed by atoms with Gasteiger partial charge in [-0.05, 0) is 47.2 Å². The van der Waals surface area contributed by atoms with Gasteiger partial charge in [0.1, 0.15) is 0 Å². The van der Waals surface area contributed by atoms with Gasteiger partial charge < -0.3 is 10.6 Å². The maximum Gasteiger partial charge on any atom is 0.290 e. The van der Waals surface area contributed by atoms with Crippen LogP contribution in [-0.4, -0.2) is 22.0 Å². The molecule has 9 nitrogen and oxygen atoms in total. The van der Waals surface area contributed by atoms with Crippen molar-refractivity contribution in [1.82, 2.24) is 5.32 Å². The highest BCUT2D eigenvalue weighted by Gasteiger charge is 2.30. The Kier molecular flexibility index (Phi) is 5.63. The van der Waals surface area contributed by atoms with Gasteiger partial charge in [-0.25, -0.2) is 0 Å². The van der Waals surface area contributed by atoms with Gasteiger partial charge in [-0.3, -0.25) is 29.8 Å². The highest BCUT2D eigenvalue weighted by atomic mass is 32.2. The minimum atomic E-state index is -0.500. The molecule has 1 saturated heterocycles. The van der Waals surface area contributed by atoms with Crippen molar-refractivity contribution in [2.75, 3.05) is 10.6 Å². The van der Waals surface area contributed by atoms with E-state index >= 15 is 0 Å². The van der Waals surface area contributed by atoms with Crippen molar-refractivity contribution in [3.63, 3.8) is 0 Å². The van der Waals surface area contributed by atoms with Gasteiger partial charge >= 0.3 is 0 Å². The summed E-state index contributed by atoms with van der Waals surface area (Å²) in [4.78, 5) is 47.3. The first-order valence-electron chi connectivity index (χ1n) is 10.4. The molecule has 0 atom stereocenters. The maximum absolute atomic E-state index is 13.0. The van der Waals surface area contributed by atoms with Crippen LogP contribution in [0.2, 0.25) is 0 Å². The summed E-state index contributed by atoms with van der Waals surface area (Å²) in [7, 11) is 0. The molecule has 0 bridgehead atoms. The number of carbonyl (C=O) groups is 3. The van der Waals surface area contributed by atoms with E-state index in [2.05, 4.69) is 16.0 Å². The number of nitro benzene ring substituents is 1. The zero-order valence-corrected chi connectivity index (χ0v) is 18.7. The molecule has 0 aromatic heterocycles. The molecule has 3 aromatic carbocycles. The number of nitrogens with zero attached hydrogens (tertiary/aromatic N) is 1. The Labute approximate surface area is 203 Å². The number of thioether (sulfide) groups is 1. The van der Waals surface area contributed by atoms with Crippen LogP contribution < -0.4 is 16.0 Å². The molecule has 0 radical (unpaired) electrons. The highest BCUT2D eigenvalue weighted by Crippen LogP contribution is 2.39. The first kappa shape index (κ1) is 22.1. The average Bonchev–Trinajstić information content (AvgIpc) is 3.35. The molecule has 35 heavy (non-hydrogen) atoms. The standard InChI is InChI=1S/C25H16N4O5S/c30-23-20(35-25(32)28-23)12-14-6-8-16(9-7-14)26-22(15-4-2-1-3-5-15)21-18-13-17(29(33)34)10-11-19(18)27-24(21)31/h1-13,26H,(H,27,31)(H,28,30,32)/b20-12+,22-21-. The molecule has 0 unspecified atom stereocenters. The maximum atomic E-state index is 13.0. The number of imide groups is 1. The van der Waals surface area contributed by atoms with Crippen molar-refractivity contribution in [3.05, 3.63) is 105 Å². The SMILES string of the molecule is O=C1NC(=O)/C(=C\c2ccc(N/C(=C3\C(=O)Nc4ccc([N+](=O)[O-])cc43)c3ccccc3)cc2)S1. The summed E-state index contributed by atoms with van der Waals surface area (Å²) in [6.07, 6.45) is 1.62. The van der Waals surface area contributed by atoms with Crippen molar-refractivity contribution in [3.8, 4) is 0 Å². The lowest BCUT2D eigenvalue weighted by Crippen LogP contribution is -2.17. The topological polar surface area (TPSA) is 130 Å². The van der Waals surface area contributed by atoms with Crippen molar-refractivity contribution < 1.29 is 19.3 Å². The zero-order chi connectivity index (χ0) is 24.5. The smallest absolute Gasteiger partial charge is 0.290 e. The van der Waals surface area contributed by atoms with E-state index in [4.69, 9.17) is 0 Å². The lowest BCUT2D eigenvalue weighted by atomic mass is 9.99. The molecular weight excluding hydrogens is 468 g/mol. The third kappa shape index (κ3) is 4.42. The normalized spacial score (nSPS) is 17.1. The van der Waals surface area contributed by atoms with E-state index in [1.54, 1.807) is 30.3 Å². The number of nitrogens with one attached hydrogen (secondary N) is 3. The molecular formula is C25H16N4O5S. The van der Waals surface area contributed by atoms with E-state index in [0.29, 0.717) is 33.1 Å². The van der Waals surface area contributed by atoms with Gasteiger partial charge in [0.2, 0.25) is 0 Å². The van der Waals surface area contributed by atoms with Crippen LogP contribution in [0, 0.1) is 10.1 Å². The summed E-state index contributed by atoms with van der Waals surface area (Å²) in [5.41, 5.74) is 3.70. The van der Waals surface area contributed by atoms with Crippen LogP contribution in [0.4, 0.5) is 21.9 Å². The van der Waals surface area contributed by atoms with Gasteiger partial charge in [-0.15, -0.1) is 0 Å². The molecule has 0 saturated carbocycles. The van der Waals surface area contributed by atoms with Crippen molar-refractivity contribution in [2.24, 2.45) is 0 Å². The average molecular weight is 484 g/mol. The van der Waals surface area contributed by atoms with Crippen LogP contribution in [0.15, 0.2) is 77.7 Å². The predicted molar refractivity (Wildman–Crippen MR) is 134 cm³/mol. The zero-order valence-electron chi connectivity index (χ0n) is 17.9. The first-order chi connectivity index (χ1) is 16.9. The van der Waals surface area contributed by atoms with Crippen LogP contribution in [0.5, 0.6) is 0 Å². The molecule has 0 spiro atoms. The van der Waals surface area contributed by atoms with Crippen LogP contribution in [0.3, 0.4) is 0 Å². The summed E-state index contributed by atoms with van der Waals surface area (Å²) in [6.45, 7) is 0. The number of fused-ring (bicyclic) bond motifs is 1. The monoisotopic (exact) mass is 484 g/mol. The van der Waals surface area contributed by atoms with E-state index in [1.165, 1.54) is 18.2 Å². The second-order valence-electron chi connectivity index (χ2n) is 7.66. The Morgan fingerprint density at radius 3 is 2.31 bits per heavy atom. The molecule has 2 aliphatic rings. The molecule has 0 aliphatic carbocycles. The van der Waals surface area contributed by atoms with Crippen molar-refractivity contribution in [1.29, 1.82) is 0 Å². The molecule has 2 aliphatic heterocycles. The molecule has 3 aromatic rings. The largest absolute Gasteiger partial charge is 0.354 e. The quantitative estimate of drug-likeness (QED) is 0.268. The van der Waals surface area contributed by atoms with Crippen LogP contribution in [-0.2, 0) is 9.59 Å². The molecule has 2 heterocycles. The number of benzene rings is 3. The number of carbonyl (C=O) groups excluding carboxylic acids is 3. The number of hydrogen-bond acceptors (Lipinski definition) is 7. The molecule has 10 heteroatoms. The summed E-state index contributed by atoms with van der Waals surface area (Å²) in [5.74, 6) is -0.805. The molecule has 172 valence electrons. The fourth-order valence-electron chi connectivity index (χ4n) is 3.78. The van der Waals surface area contributed by atoms with Gasteiger partial charge in [0.25, 0.3) is 22.7 Å². The Morgan fingerprint density at radius 2 is 1.66 bits per heavy atom. The Hall–Kier alpha value is -4.70. The Bertz CT molecular complexity index is 1460. The fourth-order valence-corrected chi connectivity index (χ4v) is 4.46. The summed E-state index contributed by atoms with van der Waals surface area (Å²) < 4.78 is 0. The van der Waals surface area contributed by atoms with E-state index in [1.807, 2.05) is 30.3 Å². The van der Waals surface area contributed by atoms with Gasteiger partial charge in [-0.2, -0.15) is 0 Å². The van der Waals surface area contributed by atoms with Gasteiger partial charge in [0, 0.05) is 29.1 Å². The number of nitro groups is 1. The second kappa shape index (κ2) is 8.92. The Morgan fingerprint density at radius 1 is 0.914 bits per heavy atom. The summed E-state index contributed by atoms with van der Waals surface area (Å²) >= 11 is 0.840. The van der Waals surface area contributed by atoms with Crippen LogP contribution in [0.25, 0.3) is 17.3 Å². The summed E-state index contributed by atoms with van der Waals surface area (Å²) in [6, 6.07) is 20.5. The fraction of sp³-hybridized carbons (Fsp3) is 0. The number of anilines is 2. The van der Waals surface area contributed by atoms with Crippen LogP contribution in [0.1, 0.15) is 16.7 Å². The molecule has 3 N–H and O–H groups in total. The number of non-ortho nitro benzene ring substituents is 1.